The number of ether oxygens (including phenoxy) is 1. The number of hydrogen-bond acceptors (Lipinski definition) is 2. The zero-order valence-corrected chi connectivity index (χ0v) is 16.4. The summed E-state index contributed by atoms with van der Waals surface area (Å²) in [5.41, 5.74) is 3.41. The second kappa shape index (κ2) is 6.84. The molecule has 0 spiro atoms. The third-order valence-corrected chi connectivity index (χ3v) is 7.12. The number of carbonyl (C=O) groups excluding carboxylic acids is 1. The minimum Gasteiger partial charge on any atom is -0.497 e. The van der Waals surface area contributed by atoms with E-state index in [0.717, 1.165) is 29.2 Å². The minimum atomic E-state index is -0.240. The molecule has 146 valence electrons. The van der Waals surface area contributed by atoms with Crippen molar-refractivity contribution in [1.82, 2.24) is 0 Å². The fraction of sp³-hybridized carbons (Fsp3) is 0.458. The van der Waals surface area contributed by atoms with Crippen LogP contribution in [0.1, 0.15) is 44.1 Å². The molecular weight excluding hydrogens is 348 g/mol. The van der Waals surface area contributed by atoms with Gasteiger partial charge in [0.05, 0.1) is 7.11 Å². The van der Waals surface area contributed by atoms with Gasteiger partial charge >= 0.3 is 6.03 Å². The molecule has 4 saturated carbocycles. The molecule has 0 aromatic heterocycles. The highest BCUT2D eigenvalue weighted by Crippen LogP contribution is 2.60. The first kappa shape index (κ1) is 17.6. The molecule has 4 fully saturated rings. The molecule has 28 heavy (non-hydrogen) atoms. The fourth-order valence-corrected chi connectivity index (χ4v) is 6.37. The number of anilines is 2. The molecule has 0 aliphatic heterocycles. The number of hydrogen-bond donors (Lipinski definition) is 2. The van der Waals surface area contributed by atoms with Gasteiger partial charge in [-0.1, -0.05) is 18.2 Å². The number of carbonyl (C=O) groups is 1. The third kappa shape index (κ3) is 3.25. The van der Waals surface area contributed by atoms with Crippen LogP contribution < -0.4 is 15.4 Å². The minimum absolute atomic E-state index is 0.240. The Balaban J connectivity index is 1.26. The maximum Gasteiger partial charge on any atom is 0.323 e. The van der Waals surface area contributed by atoms with Crippen molar-refractivity contribution < 1.29 is 9.53 Å². The molecule has 4 nitrogen and oxygen atoms in total. The summed E-state index contributed by atoms with van der Waals surface area (Å²) >= 11 is 0. The summed E-state index contributed by atoms with van der Waals surface area (Å²) in [5.74, 6) is 3.55. The summed E-state index contributed by atoms with van der Waals surface area (Å²) in [4.78, 5) is 12.3. The Kier molecular flexibility index (Phi) is 4.30. The van der Waals surface area contributed by atoms with Crippen LogP contribution in [0.3, 0.4) is 0 Å². The summed E-state index contributed by atoms with van der Waals surface area (Å²) in [6, 6.07) is 15.7. The molecule has 4 aliphatic carbocycles. The summed E-state index contributed by atoms with van der Waals surface area (Å²) in [6.07, 6.45) is 8.47. The van der Waals surface area contributed by atoms with Crippen LogP contribution in [-0.2, 0) is 5.41 Å². The molecule has 4 heteroatoms. The van der Waals surface area contributed by atoms with Crippen molar-refractivity contribution >= 4 is 17.4 Å². The lowest BCUT2D eigenvalue weighted by Crippen LogP contribution is -2.48. The van der Waals surface area contributed by atoms with E-state index in [1.165, 1.54) is 44.1 Å². The van der Waals surface area contributed by atoms with Crippen molar-refractivity contribution in [2.24, 2.45) is 17.8 Å². The number of nitrogens with one attached hydrogen (secondary N) is 2. The van der Waals surface area contributed by atoms with Gasteiger partial charge in [0.2, 0.25) is 0 Å². The van der Waals surface area contributed by atoms with E-state index in [2.05, 4.69) is 34.9 Å². The Morgan fingerprint density at radius 3 is 2.11 bits per heavy atom. The van der Waals surface area contributed by atoms with Crippen molar-refractivity contribution in [3.63, 3.8) is 0 Å². The van der Waals surface area contributed by atoms with Crippen molar-refractivity contribution in [3.05, 3.63) is 54.1 Å². The Bertz CT molecular complexity index is 839. The van der Waals surface area contributed by atoms with Crippen LogP contribution in [0.25, 0.3) is 0 Å². The summed E-state index contributed by atoms with van der Waals surface area (Å²) < 4.78 is 5.20. The van der Waals surface area contributed by atoms with Crippen LogP contribution in [0.5, 0.6) is 5.75 Å². The normalized spacial score (nSPS) is 30.1. The monoisotopic (exact) mass is 376 g/mol. The van der Waals surface area contributed by atoms with Crippen molar-refractivity contribution in [1.29, 1.82) is 0 Å². The number of amides is 2. The van der Waals surface area contributed by atoms with Gasteiger partial charge < -0.3 is 15.4 Å². The molecule has 2 aromatic carbocycles. The third-order valence-electron chi connectivity index (χ3n) is 7.12. The van der Waals surface area contributed by atoms with Crippen LogP contribution in [-0.4, -0.2) is 13.1 Å². The van der Waals surface area contributed by atoms with E-state index in [4.69, 9.17) is 4.74 Å². The lowest BCUT2D eigenvalue weighted by molar-refractivity contribution is -0.00518. The predicted octanol–water partition coefficient (Wildman–Crippen LogP) is 5.81. The molecule has 6 rings (SSSR count). The summed E-state index contributed by atoms with van der Waals surface area (Å²) in [5, 5.41) is 5.80. The van der Waals surface area contributed by atoms with Crippen molar-refractivity contribution in [2.75, 3.05) is 17.7 Å². The van der Waals surface area contributed by atoms with Gasteiger partial charge in [0.15, 0.2) is 0 Å². The van der Waals surface area contributed by atoms with Crippen LogP contribution >= 0.6 is 0 Å². The van der Waals surface area contributed by atoms with Crippen molar-refractivity contribution in [3.8, 4) is 5.75 Å². The van der Waals surface area contributed by atoms with E-state index in [1.807, 2.05) is 18.2 Å². The summed E-state index contributed by atoms with van der Waals surface area (Å²) in [7, 11) is 1.62. The SMILES string of the molecule is COc1cccc(NC(=O)Nc2ccc(C34CC5CC(CC(C5)C3)C4)cc2)c1. The van der Waals surface area contributed by atoms with Crippen LogP contribution in [0, 0.1) is 17.8 Å². The Labute approximate surface area is 166 Å². The van der Waals surface area contributed by atoms with E-state index < -0.39 is 0 Å². The van der Waals surface area contributed by atoms with E-state index in [9.17, 15) is 4.79 Å². The average Bonchev–Trinajstić information content (AvgIpc) is 2.67. The highest BCUT2D eigenvalue weighted by molar-refractivity contribution is 5.99. The molecule has 0 radical (unpaired) electrons. The van der Waals surface area contributed by atoms with E-state index in [1.54, 1.807) is 13.2 Å². The highest BCUT2D eigenvalue weighted by atomic mass is 16.5. The molecule has 0 saturated heterocycles. The standard InChI is InChI=1S/C24H28N2O2/c1-28-22-4-2-3-21(12-22)26-23(27)25-20-7-5-19(6-8-20)24-13-16-9-17(14-24)11-18(10-16)15-24/h2-8,12,16-18H,9-11,13-15H2,1H3,(H2,25,26,27). The topological polar surface area (TPSA) is 50.4 Å². The molecule has 2 amide bonds. The largest absolute Gasteiger partial charge is 0.497 e. The van der Waals surface area contributed by atoms with Gasteiger partial charge in [-0.3, -0.25) is 0 Å². The van der Waals surface area contributed by atoms with Crippen LogP contribution in [0.2, 0.25) is 0 Å². The van der Waals surface area contributed by atoms with E-state index >= 15 is 0 Å². The average molecular weight is 377 g/mol. The zero-order chi connectivity index (χ0) is 19.1. The quantitative estimate of drug-likeness (QED) is 0.708. The lowest BCUT2D eigenvalue weighted by Gasteiger charge is -2.57. The summed E-state index contributed by atoms with van der Waals surface area (Å²) in [6.45, 7) is 0. The van der Waals surface area contributed by atoms with Crippen molar-refractivity contribution in [2.45, 2.75) is 43.9 Å². The molecule has 0 unspecified atom stereocenters. The zero-order valence-electron chi connectivity index (χ0n) is 16.4. The van der Waals surface area contributed by atoms with Crippen LogP contribution in [0.4, 0.5) is 16.2 Å². The molecular formula is C24H28N2O2. The van der Waals surface area contributed by atoms with E-state index in [-0.39, 0.29) is 6.03 Å². The molecule has 0 heterocycles. The van der Waals surface area contributed by atoms with Gasteiger partial charge in [0.1, 0.15) is 5.75 Å². The molecule has 2 aromatic rings. The van der Waals surface area contributed by atoms with Gasteiger partial charge in [-0.15, -0.1) is 0 Å². The van der Waals surface area contributed by atoms with Crippen LogP contribution in [0.15, 0.2) is 48.5 Å². The number of rotatable bonds is 4. The first-order chi connectivity index (χ1) is 13.6. The van der Waals surface area contributed by atoms with Gasteiger partial charge in [-0.25, -0.2) is 4.79 Å². The van der Waals surface area contributed by atoms with E-state index in [0.29, 0.717) is 11.1 Å². The highest BCUT2D eigenvalue weighted by Gasteiger charge is 2.51. The first-order valence-electron chi connectivity index (χ1n) is 10.4. The predicted molar refractivity (Wildman–Crippen MR) is 112 cm³/mol. The second-order valence-electron chi connectivity index (χ2n) is 9.09. The number of methoxy groups -OCH3 is 1. The number of benzene rings is 2. The molecule has 4 aliphatic rings. The maximum atomic E-state index is 12.3. The Hall–Kier alpha value is -2.49. The second-order valence-corrected chi connectivity index (χ2v) is 9.09. The number of urea groups is 1. The lowest BCUT2D eigenvalue weighted by atomic mass is 9.48. The van der Waals surface area contributed by atoms with Gasteiger partial charge in [0, 0.05) is 17.4 Å². The Morgan fingerprint density at radius 1 is 0.893 bits per heavy atom. The molecule has 0 atom stereocenters. The molecule has 4 bridgehead atoms. The Morgan fingerprint density at radius 2 is 1.50 bits per heavy atom. The molecule has 2 N–H and O–H groups in total. The van der Waals surface area contributed by atoms with Gasteiger partial charge in [0.25, 0.3) is 0 Å². The maximum absolute atomic E-state index is 12.3. The first-order valence-corrected chi connectivity index (χ1v) is 10.4. The smallest absolute Gasteiger partial charge is 0.323 e. The fourth-order valence-electron chi connectivity index (χ4n) is 6.37. The van der Waals surface area contributed by atoms with Gasteiger partial charge in [-0.2, -0.15) is 0 Å². The van der Waals surface area contributed by atoms with Gasteiger partial charge in [-0.05, 0) is 91.5 Å².